The molecule has 2 heterocycles. The van der Waals surface area contributed by atoms with Gasteiger partial charge in [-0.3, -0.25) is 9.48 Å². The van der Waals surface area contributed by atoms with E-state index in [4.69, 9.17) is 11.6 Å². The molecule has 0 N–H and O–H groups in total. The van der Waals surface area contributed by atoms with Gasteiger partial charge in [-0.15, -0.1) is 0 Å². The summed E-state index contributed by atoms with van der Waals surface area (Å²) in [4.78, 5) is 14.8. The Balaban J connectivity index is 1.56. The molecule has 1 aromatic carbocycles. The van der Waals surface area contributed by atoms with Crippen molar-refractivity contribution in [1.82, 2.24) is 14.7 Å². The van der Waals surface area contributed by atoms with Crippen LogP contribution in [0.5, 0.6) is 0 Å². The van der Waals surface area contributed by atoms with Gasteiger partial charge in [-0.2, -0.15) is 5.10 Å². The fraction of sp³-hybridized carbons (Fsp3) is 0.474. The first-order chi connectivity index (χ1) is 11.6. The average Bonchev–Trinajstić information content (AvgIpc) is 3.00. The number of rotatable bonds is 5. The number of carbonyl (C=O) groups is 1. The summed E-state index contributed by atoms with van der Waals surface area (Å²) >= 11 is 5.89. The number of hydrogen-bond donors (Lipinski definition) is 0. The van der Waals surface area contributed by atoms with Crippen LogP contribution < -0.4 is 0 Å². The molecule has 5 heteroatoms. The van der Waals surface area contributed by atoms with Crippen LogP contribution in [0.1, 0.15) is 25.3 Å². The highest BCUT2D eigenvalue weighted by Gasteiger charge is 2.27. The minimum Gasteiger partial charge on any atom is -0.342 e. The lowest BCUT2D eigenvalue weighted by Gasteiger charge is -2.34. The molecule has 24 heavy (non-hydrogen) atoms. The van der Waals surface area contributed by atoms with Gasteiger partial charge in [0.2, 0.25) is 5.91 Å². The summed E-state index contributed by atoms with van der Waals surface area (Å²) in [7, 11) is 0. The molecule has 1 amide bonds. The van der Waals surface area contributed by atoms with Gasteiger partial charge in [0, 0.05) is 19.3 Å². The van der Waals surface area contributed by atoms with E-state index in [0.29, 0.717) is 17.5 Å². The third kappa shape index (κ3) is 4.38. The second-order valence-corrected chi connectivity index (χ2v) is 7.20. The molecule has 0 unspecified atom stereocenters. The van der Waals surface area contributed by atoms with Crippen LogP contribution in [0.4, 0.5) is 0 Å². The summed E-state index contributed by atoms with van der Waals surface area (Å²) in [5, 5.41) is 4.78. The van der Waals surface area contributed by atoms with E-state index in [1.165, 1.54) is 12.0 Å². The van der Waals surface area contributed by atoms with Crippen molar-refractivity contribution in [3.05, 3.63) is 53.3 Å². The number of nitrogens with zero attached hydrogens (tertiary/aromatic N) is 3. The normalized spacial score (nSPS) is 19.2. The molecule has 1 aliphatic rings. The maximum Gasteiger partial charge on any atom is 0.227 e. The van der Waals surface area contributed by atoms with E-state index in [0.717, 1.165) is 25.9 Å². The Morgan fingerprint density at radius 3 is 2.88 bits per heavy atom. The maximum atomic E-state index is 12.8. The van der Waals surface area contributed by atoms with Crippen molar-refractivity contribution in [2.24, 2.45) is 11.8 Å². The Morgan fingerprint density at radius 2 is 2.17 bits per heavy atom. The molecule has 0 saturated carbocycles. The molecule has 4 nitrogen and oxygen atoms in total. The smallest absolute Gasteiger partial charge is 0.227 e. The largest absolute Gasteiger partial charge is 0.342 e. The minimum absolute atomic E-state index is 0.0866. The molecular formula is C19H24ClN3O. The lowest BCUT2D eigenvalue weighted by molar-refractivity contribution is -0.137. The Kier molecular flexibility index (Phi) is 5.56. The lowest BCUT2D eigenvalue weighted by Crippen LogP contribution is -2.43. The van der Waals surface area contributed by atoms with Crippen LogP contribution in [0.3, 0.4) is 0 Å². The van der Waals surface area contributed by atoms with Crippen LogP contribution in [0.2, 0.25) is 5.02 Å². The van der Waals surface area contributed by atoms with Gasteiger partial charge in [0.15, 0.2) is 0 Å². The third-order valence-electron chi connectivity index (χ3n) is 4.68. The van der Waals surface area contributed by atoms with Gasteiger partial charge in [-0.1, -0.05) is 48.9 Å². The summed E-state index contributed by atoms with van der Waals surface area (Å²) in [5.41, 5.74) is 1.36. The molecule has 1 saturated heterocycles. The summed E-state index contributed by atoms with van der Waals surface area (Å²) in [6.45, 7) is 4.27. The summed E-state index contributed by atoms with van der Waals surface area (Å²) in [5.74, 6) is 0.687. The SMILES string of the molecule is C[C@H](Cn1cc(Cl)cn1)C(=O)N1CCC[C@H](Cc2ccccc2)C1. The zero-order chi connectivity index (χ0) is 16.9. The van der Waals surface area contributed by atoms with Crippen molar-refractivity contribution in [1.29, 1.82) is 0 Å². The molecular weight excluding hydrogens is 322 g/mol. The zero-order valence-electron chi connectivity index (χ0n) is 14.1. The molecule has 1 fully saturated rings. The van der Waals surface area contributed by atoms with Crippen LogP contribution in [0.15, 0.2) is 42.7 Å². The fourth-order valence-corrected chi connectivity index (χ4v) is 3.64. The van der Waals surface area contributed by atoms with Crippen LogP contribution in [-0.2, 0) is 17.8 Å². The van der Waals surface area contributed by atoms with E-state index in [9.17, 15) is 4.79 Å². The van der Waals surface area contributed by atoms with Crippen molar-refractivity contribution in [2.45, 2.75) is 32.7 Å². The molecule has 0 radical (unpaired) electrons. The van der Waals surface area contributed by atoms with Crippen LogP contribution in [-0.4, -0.2) is 33.7 Å². The third-order valence-corrected chi connectivity index (χ3v) is 4.88. The second-order valence-electron chi connectivity index (χ2n) is 6.76. The van der Waals surface area contributed by atoms with Gasteiger partial charge in [0.1, 0.15) is 0 Å². The Morgan fingerprint density at radius 1 is 1.38 bits per heavy atom. The second kappa shape index (κ2) is 7.84. The molecule has 2 aromatic rings. The van der Waals surface area contributed by atoms with E-state index in [1.54, 1.807) is 17.1 Å². The number of carbonyl (C=O) groups excluding carboxylic acids is 1. The molecule has 1 aromatic heterocycles. The Bertz CT molecular complexity index is 670. The first-order valence-corrected chi connectivity index (χ1v) is 9.00. The summed E-state index contributed by atoms with van der Waals surface area (Å²) in [6, 6.07) is 10.6. The maximum absolute atomic E-state index is 12.8. The quantitative estimate of drug-likeness (QED) is 0.829. The predicted molar refractivity (Wildman–Crippen MR) is 95.9 cm³/mol. The van der Waals surface area contributed by atoms with E-state index >= 15 is 0 Å². The van der Waals surface area contributed by atoms with E-state index in [1.807, 2.05) is 17.9 Å². The van der Waals surface area contributed by atoms with Crippen molar-refractivity contribution < 1.29 is 4.79 Å². The predicted octanol–water partition coefficient (Wildman–Crippen LogP) is 3.65. The zero-order valence-corrected chi connectivity index (χ0v) is 14.8. The highest BCUT2D eigenvalue weighted by molar-refractivity contribution is 6.30. The topological polar surface area (TPSA) is 38.1 Å². The highest BCUT2D eigenvalue weighted by atomic mass is 35.5. The molecule has 0 aliphatic carbocycles. The Hall–Kier alpha value is -1.81. The van der Waals surface area contributed by atoms with Crippen molar-refractivity contribution in [2.75, 3.05) is 13.1 Å². The van der Waals surface area contributed by atoms with Crippen molar-refractivity contribution >= 4 is 17.5 Å². The van der Waals surface area contributed by atoms with E-state index < -0.39 is 0 Å². The number of piperidine rings is 1. The van der Waals surface area contributed by atoms with Gasteiger partial charge < -0.3 is 4.90 Å². The number of aromatic nitrogens is 2. The summed E-state index contributed by atoms with van der Waals surface area (Å²) < 4.78 is 1.75. The van der Waals surface area contributed by atoms with Crippen molar-refractivity contribution in [3.63, 3.8) is 0 Å². The fourth-order valence-electron chi connectivity index (χ4n) is 3.49. The molecule has 0 spiro atoms. The number of hydrogen-bond acceptors (Lipinski definition) is 2. The van der Waals surface area contributed by atoms with Crippen LogP contribution >= 0.6 is 11.6 Å². The first-order valence-electron chi connectivity index (χ1n) is 8.62. The Labute approximate surface area is 148 Å². The van der Waals surface area contributed by atoms with E-state index in [2.05, 4.69) is 29.4 Å². The first kappa shape index (κ1) is 17.0. The van der Waals surface area contributed by atoms with Gasteiger partial charge in [-0.25, -0.2) is 0 Å². The standard InChI is InChI=1S/C19H24ClN3O/c1-15(12-23-14-18(20)11-21-23)19(24)22-9-5-8-17(13-22)10-16-6-3-2-4-7-16/h2-4,6-7,11,14-15,17H,5,8-10,12-13H2,1H3/t15-,17-/m1/s1. The number of amides is 1. The highest BCUT2D eigenvalue weighted by Crippen LogP contribution is 2.22. The summed E-state index contributed by atoms with van der Waals surface area (Å²) in [6.07, 6.45) is 6.70. The molecule has 1 aliphatic heterocycles. The monoisotopic (exact) mass is 345 g/mol. The molecule has 2 atom stereocenters. The van der Waals surface area contributed by atoms with Crippen LogP contribution in [0, 0.1) is 11.8 Å². The average molecular weight is 346 g/mol. The van der Waals surface area contributed by atoms with Crippen molar-refractivity contribution in [3.8, 4) is 0 Å². The molecule has 128 valence electrons. The lowest BCUT2D eigenvalue weighted by atomic mass is 9.90. The minimum atomic E-state index is -0.0866. The van der Waals surface area contributed by atoms with Gasteiger partial charge in [0.25, 0.3) is 0 Å². The van der Waals surface area contributed by atoms with Gasteiger partial charge in [-0.05, 0) is 30.7 Å². The van der Waals surface area contributed by atoms with Gasteiger partial charge >= 0.3 is 0 Å². The number of benzene rings is 1. The van der Waals surface area contributed by atoms with Crippen LogP contribution in [0.25, 0.3) is 0 Å². The molecule has 0 bridgehead atoms. The molecule has 3 rings (SSSR count). The number of halogens is 1. The van der Waals surface area contributed by atoms with E-state index in [-0.39, 0.29) is 11.8 Å². The number of likely N-dealkylation sites (tertiary alicyclic amines) is 1. The van der Waals surface area contributed by atoms with Gasteiger partial charge in [0.05, 0.1) is 23.7 Å².